The van der Waals surface area contributed by atoms with Gasteiger partial charge in [0.15, 0.2) is 0 Å². The number of H-pyrrole nitrogens is 1. The number of carbonyl (C=O) groups excluding carboxylic acids is 1. The Bertz CT molecular complexity index is 1020. The standard InChI is InChI=1S/C26H32N4O2/c1-3-14-30-16-15-29(19-25-27-12-13-28-25)18-21(26(30)31)17-20-8-4-5-9-22(20)23-10-6-7-11-24(23)32-2/h4-13,21H,3,14-19H2,1-2H3,(H,27,28). The van der Waals surface area contributed by atoms with Gasteiger partial charge in [-0.1, -0.05) is 49.4 Å². The molecule has 0 spiro atoms. The third kappa shape index (κ3) is 5.02. The Kier molecular flexibility index (Phi) is 7.22. The molecule has 2 heterocycles. The summed E-state index contributed by atoms with van der Waals surface area (Å²) in [5, 5.41) is 0. The van der Waals surface area contributed by atoms with Crippen LogP contribution in [0.4, 0.5) is 0 Å². The number of methoxy groups -OCH3 is 1. The summed E-state index contributed by atoms with van der Waals surface area (Å²) >= 11 is 0. The third-order valence-electron chi connectivity index (χ3n) is 6.13. The van der Waals surface area contributed by atoms with Crippen molar-refractivity contribution in [2.75, 3.05) is 33.3 Å². The van der Waals surface area contributed by atoms with E-state index in [1.165, 1.54) is 5.56 Å². The Morgan fingerprint density at radius 1 is 1.09 bits per heavy atom. The monoisotopic (exact) mass is 432 g/mol. The third-order valence-corrected chi connectivity index (χ3v) is 6.13. The van der Waals surface area contributed by atoms with Crippen LogP contribution in [0.1, 0.15) is 24.7 Å². The highest BCUT2D eigenvalue weighted by Gasteiger charge is 2.31. The summed E-state index contributed by atoms with van der Waals surface area (Å²) in [5.41, 5.74) is 3.36. The predicted octanol–water partition coefficient (Wildman–Crippen LogP) is 4.00. The highest BCUT2D eigenvalue weighted by Crippen LogP contribution is 2.33. The molecule has 3 aromatic rings. The molecule has 1 amide bonds. The molecule has 32 heavy (non-hydrogen) atoms. The number of hydrogen-bond donors (Lipinski definition) is 1. The molecule has 1 saturated heterocycles. The summed E-state index contributed by atoms with van der Waals surface area (Å²) in [6, 6.07) is 16.4. The van der Waals surface area contributed by atoms with Crippen LogP contribution < -0.4 is 4.74 Å². The molecule has 4 rings (SSSR count). The maximum atomic E-state index is 13.5. The van der Waals surface area contributed by atoms with Gasteiger partial charge in [0.1, 0.15) is 11.6 Å². The zero-order valence-corrected chi connectivity index (χ0v) is 19.0. The van der Waals surface area contributed by atoms with Gasteiger partial charge < -0.3 is 14.6 Å². The first-order chi connectivity index (χ1) is 15.7. The van der Waals surface area contributed by atoms with Gasteiger partial charge in [-0.3, -0.25) is 9.69 Å². The quantitative estimate of drug-likeness (QED) is 0.585. The first-order valence-corrected chi connectivity index (χ1v) is 11.4. The van der Waals surface area contributed by atoms with Gasteiger partial charge in [-0.05, 0) is 30.0 Å². The molecule has 1 aliphatic rings. The molecule has 0 bridgehead atoms. The fourth-order valence-corrected chi connectivity index (χ4v) is 4.59. The number of nitrogens with one attached hydrogen (secondary N) is 1. The number of rotatable bonds is 8. The number of carbonyl (C=O) groups is 1. The maximum Gasteiger partial charge on any atom is 0.227 e. The topological polar surface area (TPSA) is 61.5 Å². The van der Waals surface area contributed by atoms with Crippen LogP contribution >= 0.6 is 0 Å². The molecule has 1 unspecified atom stereocenters. The summed E-state index contributed by atoms with van der Waals surface area (Å²) in [7, 11) is 1.70. The van der Waals surface area contributed by atoms with Crippen LogP contribution in [0.2, 0.25) is 0 Å². The minimum atomic E-state index is -0.102. The van der Waals surface area contributed by atoms with E-state index in [1.807, 2.05) is 35.4 Å². The number of imidazole rings is 1. The smallest absolute Gasteiger partial charge is 0.227 e. The number of nitrogens with zero attached hydrogens (tertiary/aromatic N) is 3. The first kappa shape index (κ1) is 22.1. The number of amides is 1. The first-order valence-electron chi connectivity index (χ1n) is 11.4. The number of para-hydroxylation sites is 1. The fraction of sp³-hybridized carbons (Fsp3) is 0.385. The van der Waals surface area contributed by atoms with Crippen molar-refractivity contribution in [2.24, 2.45) is 5.92 Å². The lowest BCUT2D eigenvalue weighted by molar-refractivity contribution is -0.134. The molecule has 1 aromatic heterocycles. The van der Waals surface area contributed by atoms with Crippen molar-refractivity contribution in [3.63, 3.8) is 0 Å². The number of aromatic amines is 1. The SMILES string of the molecule is CCCN1CCN(Cc2ncc[nH]2)CC(Cc2ccccc2-c2ccccc2OC)C1=O. The van der Waals surface area contributed by atoms with Gasteiger partial charge in [0.05, 0.1) is 19.6 Å². The minimum absolute atomic E-state index is 0.102. The zero-order chi connectivity index (χ0) is 22.3. The van der Waals surface area contributed by atoms with Crippen molar-refractivity contribution < 1.29 is 9.53 Å². The van der Waals surface area contributed by atoms with Crippen LogP contribution in [0.3, 0.4) is 0 Å². The van der Waals surface area contributed by atoms with Crippen molar-refractivity contribution in [3.8, 4) is 16.9 Å². The summed E-state index contributed by atoms with van der Waals surface area (Å²) in [5.74, 6) is 1.94. The van der Waals surface area contributed by atoms with Crippen LogP contribution in [0.25, 0.3) is 11.1 Å². The molecule has 1 aliphatic heterocycles. The van der Waals surface area contributed by atoms with Crippen molar-refractivity contribution >= 4 is 5.91 Å². The maximum absolute atomic E-state index is 13.5. The van der Waals surface area contributed by atoms with Gasteiger partial charge in [0, 0.05) is 44.1 Å². The normalized spacial score (nSPS) is 17.4. The molecule has 2 aromatic carbocycles. The van der Waals surface area contributed by atoms with Gasteiger partial charge in [-0.2, -0.15) is 0 Å². The van der Waals surface area contributed by atoms with Crippen LogP contribution in [0.5, 0.6) is 5.75 Å². The van der Waals surface area contributed by atoms with E-state index in [0.29, 0.717) is 6.42 Å². The Labute approximate surface area is 190 Å². The molecular weight excluding hydrogens is 400 g/mol. The Morgan fingerprint density at radius 2 is 1.88 bits per heavy atom. The minimum Gasteiger partial charge on any atom is -0.496 e. The van der Waals surface area contributed by atoms with E-state index in [9.17, 15) is 4.79 Å². The Balaban J connectivity index is 1.62. The average Bonchev–Trinajstić information content (AvgIpc) is 3.29. The van der Waals surface area contributed by atoms with Crippen molar-refractivity contribution in [1.29, 1.82) is 0 Å². The summed E-state index contributed by atoms with van der Waals surface area (Å²) in [6.07, 6.45) is 5.29. The highest BCUT2D eigenvalue weighted by atomic mass is 16.5. The molecule has 6 heteroatoms. The molecule has 1 N–H and O–H groups in total. The van der Waals surface area contributed by atoms with E-state index < -0.39 is 0 Å². The molecule has 0 saturated carbocycles. The van der Waals surface area contributed by atoms with Gasteiger partial charge >= 0.3 is 0 Å². The molecule has 1 fully saturated rings. The number of ether oxygens (including phenoxy) is 1. The lowest BCUT2D eigenvalue weighted by Crippen LogP contribution is -2.37. The molecule has 1 atom stereocenters. The largest absolute Gasteiger partial charge is 0.496 e. The summed E-state index contributed by atoms with van der Waals surface area (Å²) < 4.78 is 5.62. The van der Waals surface area contributed by atoms with E-state index in [0.717, 1.165) is 61.8 Å². The molecule has 0 radical (unpaired) electrons. The highest BCUT2D eigenvalue weighted by molar-refractivity contribution is 5.81. The summed E-state index contributed by atoms with van der Waals surface area (Å²) in [6.45, 7) is 6.00. The zero-order valence-electron chi connectivity index (χ0n) is 19.0. The van der Waals surface area contributed by atoms with Gasteiger partial charge in [0.2, 0.25) is 5.91 Å². The van der Waals surface area contributed by atoms with Gasteiger partial charge in [-0.15, -0.1) is 0 Å². The van der Waals surface area contributed by atoms with Crippen LogP contribution in [0.15, 0.2) is 60.9 Å². The Morgan fingerprint density at radius 3 is 2.62 bits per heavy atom. The summed E-state index contributed by atoms with van der Waals surface area (Å²) in [4.78, 5) is 25.5. The van der Waals surface area contributed by atoms with Crippen molar-refractivity contribution in [1.82, 2.24) is 19.8 Å². The van der Waals surface area contributed by atoms with Crippen LogP contribution in [-0.2, 0) is 17.8 Å². The van der Waals surface area contributed by atoms with E-state index >= 15 is 0 Å². The van der Waals surface area contributed by atoms with Crippen LogP contribution in [-0.4, -0.2) is 59.0 Å². The molecular formula is C26H32N4O2. The van der Waals surface area contributed by atoms with Crippen molar-refractivity contribution in [2.45, 2.75) is 26.3 Å². The van der Waals surface area contributed by atoms with Gasteiger partial charge in [0.25, 0.3) is 0 Å². The van der Waals surface area contributed by atoms with Crippen molar-refractivity contribution in [3.05, 3.63) is 72.3 Å². The second-order valence-corrected chi connectivity index (χ2v) is 8.35. The molecule has 168 valence electrons. The van der Waals surface area contributed by atoms with E-state index in [-0.39, 0.29) is 11.8 Å². The lowest BCUT2D eigenvalue weighted by Gasteiger charge is -2.24. The van der Waals surface area contributed by atoms with E-state index in [1.54, 1.807) is 13.3 Å². The predicted molar refractivity (Wildman–Crippen MR) is 126 cm³/mol. The lowest BCUT2D eigenvalue weighted by atomic mass is 9.91. The van der Waals surface area contributed by atoms with Gasteiger partial charge in [-0.25, -0.2) is 4.98 Å². The second kappa shape index (κ2) is 10.5. The van der Waals surface area contributed by atoms with E-state index in [2.05, 4.69) is 46.1 Å². The average molecular weight is 433 g/mol. The Hall–Kier alpha value is -3.12. The number of aromatic nitrogens is 2. The second-order valence-electron chi connectivity index (χ2n) is 8.35. The number of benzene rings is 2. The fourth-order valence-electron chi connectivity index (χ4n) is 4.59. The van der Waals surface area contributed by atoms with E-state index in [4.69, 9.17) is 4.74 Å². The molecule has 6 nitrogen and oxygen atoms in total. The van der Waals surface area contributed by atoms with Crippen LogP contribution in [0, 0.1) is 5.92 Å². The molecule has 0 aliphatic carbocycles. The number of hydrogen-bond acceptors (Lipinski definition) is 4.